The molecule has 1 fully saturated rings. The average Bonchev–Trinajstić information content (AvgIpc) is 2.79. The van der Waals surface area contributed by atoms with Crippen molar-refractivity contribution in [3.63, 3.8) is 0 Å². The number of rotatable bonds is 6. The second-order valence-electron chi connectivity index (χ2n) is 7.70. The number of carbonyl (C=O) groups is 2. The molecule has 0 radical (unpaired) electrons. The molecule has 2 aromatic rings. The molecule has 0 aromatic heterocycles. The van der Waals surface area contributed by atoms with E-state index in [0.717, 1.165) is 10.6 Å². The zero-order chi connectivity index (χ0) is 25.0. The first-order valence-electron chi connectivity index (χ1n) is 11.4. The van der Waals surface area contributed by atoms with Gasteiger partial charge in [0.2, 0.25) is 5.91 Å². The second kappa shape index (κ2) is 14.9. The number of halogens is 2. The molecule has 5 nitrogen and oxygen atoms in total. The van der Waals surface area contributed by atoms with E-state index in [9.17, 15) is 14.7 Å². The van der Waals surface area contributed by atoms with Crippen LogP contribution in [0.15, 0.2) is 54.6 Å². The van der Waals surface area contributed by atoms with E-state index in [1.54, 1.807) is 24.0 Å². The topological polar surface area (TPSA) is 77.8 Å². The van der Waals surface area contributed by atoms with Crippen molar-refractivity contribution in [3.05, 3.63) is 70.2 Å². The first-order valence-corrected chi connectivity index (χ1v) is 12.2. The summed E-state index contributed by atoms with van der Waals surface area (Å²) in [6.07, 6.45) is 0.962. The van der Waals surface area contributed by atoms with Crippen LogP contribution in [0.25, 0.3) is 0 Å². The van der Waals surface area contributed by atoms with Crippen LogP contribution in [0, 0.1) is 5.92 Å². The second-order valence-corrected chi connectivity index (χ2v) is 8.57. The van der Waals surface area contributed by atoms with Crippen LogP contribution < -0.4 is 0 Å². The SMILES string of the molecule is CC.CCC(C(C)O)N1C(=O)C(CC(=O)O)CCC1c1ccc(Cl)cc1.Clc1ccccc1. The monoisotopic (exact) mass is 495 g/mol. The average molecular weight is 496 g/mol. The molecule has 0 aliphatic carbocycles. The fourth-order valence-electron chi connectivity index (χ4n) is 3.98. The Morgan fingerprint density at radius 2 is 1.58 bits per heavy atom. The third-order valence-electron chi connectivity index (χ3n) is 5.47. The lowest BCUT2D eigenvalue weighted by Crippen LogP contribution is -2.52. The van der Waals surface area contributed by atoms with E-state index in [1.165, 1.54) is 0 Å². The molecule has 1 amide bonds. The normalized spacial score (nSPS) is 19.4. The maximum Gasteiger partial charge on any atom is 0.304 e. The number of likely N-dealkylation sites (tertiary alicyclic amines) is 1. The number of carboxylic acid groups (broad SMARTS) is 1. The van der Waals surface area contributed by atoms with Crippen LogP contribution in [0.1, 0.15) is 65.0 Å². The van der Waals surface area contributed by atoms with Gasteiger partial charge in [0, 0.05) is 16.0 Å². The van der Waals surface area contributed by atoms with Crippen LogP contribution in [-0.2, 0) is 9.59 Å². The van der Waals surface area contributed by atoms with Crippen molar-refractivity contribution in [3.8, 4) is 0 Å². The first-order chi connectivity index (χ1) is 15.7. The number of hydrogen-bond acceptors (Lipinski definition) is 3. The molecule has 4 atom stereocenters. The van der Waals surface area contributed by atoms with Gasteiger partial charge in [-0.2, -0.15) is 0 Å². The number of benzene rings is 2. The van der Waals surface area contributed by atoms with E-state index < -0.39 is 18.0 Å². The highest BCUT2D eigenvalue weighted by Crippen LogP contribution is 2.38. The van der Waals surface area contributed by atoms with Crippen molar-refractivity contribution < 1.29 is 19.8 Å². The Balaban J connectivity index is 0.000000508. The van der Waals surface area contributed by atoms with E-state index >= 15 is 0 Å². The Kier molecular flexibility index (Phi) is 13.1. The number of nitrogens with zero attached hydrogens (tertiary/aromatic N) is 1. The van der Waals surface area contributed by atoms with Gasteiger partial charge in [0.1, 0.15) is 0 Å². The van der Waals surface area contributed by atoms with Gasteiger partial charge >= 0.3 is 5.97 Å². The van der Waals surface area contributed by atoms with Crippen molar-refractivity contribution in [2.24, 2.45) is 5.92 Å². The Hall–Kier alpha value is -2.08. The van der Waals surface area contributed by atoms with Gasteiger partial charge in [-0.3, -0.25) is 9.59 Å². The molecule has 1 saturated heterocycles. The molecule has 0 bridgehead atoms. The Morgan fingerprint density at radius 3 is 2.00 bits per heavy atom. The quantitative estimate of drug-likeness (QED) is 0.471. The number of piperidine rings is 1. The molecule has 0 saturated carbocycles. The number of aliphatic hydroxyl groups excluding tert-OH is 1. The lowest BCUT2D eigenvalue weighted by Gasteiger charge is -2.45. The van der Waals surface area contributed by atoms with Crippen LogP contribution >= 0.6 is 23.2 Å². The van der Waals surface area contributed by atoms with Gasteiger partial charge < -0.3 is 15.1 Å². The van der Waals surface area contributed by atoms with Gasteiger partial charge in [-0.25, -0.2) is 0 Å². The molecule has 1 heterocycles. The lowest BCUT2D eigenvalue weighted by atomic mass is 9.84. The number of carbonyl (C=O) groups excluding carboxylic acids is 1. The minimum absolute atomic E-state index is 0.167. The summed E-state index contributed by atoms with van der Waals surface area (Å²) in [7, 11) is 0. The highest BCUT2D eigenvalue weighted by atomic mass is 35.5. The third kappa shape index (κ3) is 9.00. The molecule has 33 heavy (non-hydrogen) atoms. The fraction of sp³-hybridized carbons (Fsp3) is 0.462. The van der Waals surface area contributed by atoms with Crippen LogP contribution in [-0.4, -0.2) is 39.1 Å². The van der Waals surface area contributed by atoms with Crippen LogP contribution in [0.4, 0.5) is 0 Å². The summed E-state index contributed by atoms with van der Waals surface area (Å²) in [6.45, 7) is 7.59. The Bertz CT molecular complexity index is 843. The molecule has 1 aliphatic rings. The van der Waals surface area contributed by atoms with Crippen LogP contribution in [0.5, 0.6) is 0 Å². The molecule has 3 rings (SSSR count). The Morgan fingerprint density at radius 1 is 1.03 bits per heavy atom. The molecular weight excluding hydrogens is 461 g/mol. The zero-order valence-electron chi connectivity index (χ0n) is 19.7. The zero-order valence-corrected chi connectivity index (χ0v) is 21.3. The highest BCUT2D eigenvalue weighted by molar-refractivity contribution is 6.30. The number of aliphatic hydroxyl groups is 1. The molecule has 182 valence electrons. The minimum Gasteiger partial charge on any atom is -0.481 e. The van der Waals surface area contributed by atoms with Crippen molar-refractivity contribution in [2.75, 3.05) is 0 Å². The number of hydrogen-bond donors (Lipinski definition) is 2. The van der Waals surface area contributed by atoms with E-state index in [2.05, 4.69) is 0 Å². The lowest BCUT2D eigenvalue weighted by molar-refractivity contribution is -0.153. The van der Waals surface area contributed by atoms with Crippen molar-refractivity contribution in [2.45, 2.75) is 71.6 Å². The van der Waals surface area contributed by atoms with E-state index in [0.29, 0.717) is 24.3 Å². The van der Waals surface area contributed by atoms with Crippen molar-refractivity contribution in [1.29, 1.82) is 0 Å². The molecule has 4 unspecified atom stereocenters. The summed E-state index contributed by atoms with van der Waals surface area (Å²) in [6, 6.07) is 16.3. The molecule has 7 heteroatoms. The summed E-state index contributed by atoms with van der Waals surface area (Å²) in [5, 5.41) is 20.6. The fourth-order valence-corrected chi connectivity index (χ4v) is 4.25. The summed E-state index contributed by atoms with van der Waals surface area (Å²) in [5.41, 5.74) is 0.959. The molecule has 0 spiro atoms. The predicted octanol–water partition coefficient (Wildman–Crippen LogP) is 6.62. The van der Waals surface area contributed by atoms with Crippen LogP contribution in [0.3, 0.4) is 0 Å². The standard InChI is InChI=1S/C18H24ClNO4.C6H5Cl.C2H6/c1-3-15(11(2)21)20-16(12-4-7-14(19)8-5-12)9-6-13(18(20)24)10-17(22)23;7-6-4-2-1-3-5-6;1-2/h4-5,7-8,11,13,15-16,21H,3,6,9-10H2,1-2H3,(H,22,23);1-5H;1-2H3. The smallest absolute Gasteiger partial charge is 0.304 e. The third-order valence-corrected chi connectivity index (χ3v) is 5.97. The van der Waals surface area contributed by atoms with Gasteiger partial charge in [0.05, 0.1) is 24.6 Å². The number of carboxylic acids is 1. The van der Waals surface area contributed by atoms with Crippen LogP contribution in [0.2, 0.25) is 10.0 Å². The highest BCUT2D eigenvalue weighted by Gasteiger charge is 2.41. The molecule has 2 N–H and O–H groups in total. The molecule has 1 aliphatic heterocycles. The van der Waals surface area contributed by atoms with Gasteiger partial charge in [0.15, 0.2) is 0 Å². The number of amides is 1. The Labute approximate surface area is 207 Å². The largest absolute Gasteiger partial charge is 0.481 e. The van der Waals surface area contributed by atoms with Gasteiger partial charge in [0.25, 0.3) is 0 Å². The van der Waals surface area contributed by atoms with Gasteiger partial charge in [-0.05, 0) is 56.0 Å². The maximum absolute atomic E-state index is 12.9. The summed E-state index contributed by atoms with van der Waals surface area (Å²) < 4.78 is 0. The minimum atomic E-state index is -0.969. The van der Waals surface area contributed by atoms with Crippen molar-refractivity contribution >= 4 is 35.1 Å². The van der Waals surface area contributed by atoms with E-state index in [4.69, 9.17) is 28.3 Å². The summed E-state index contributed by atoms with van der Waals surface area (Å²) >= 11 is 11.5. The van der Waals surface area contributed by atoms with E-state index in [-0.39, 0.29) is 24.4 Å². The summed E-state index contributed by atoms with van der Waals surface area (Å²) in [5.74, 6) is -1.68. The van der Waals surface area contributed by atoms with Gasteiger partial charge in [-0.1, -0.05) is 74.3 Å². The molecular formula is C26H35Cl2NO4. The van der Waals surface area contributed by atoms with Gasteiger partial charge in [-0.15, -0.1) is 0 Å². The van der Waals surface area contributed by atoms with Crippen molar-refractivity contribution in [1.82, 2.24) is 4.90 Å². The number of aliphatic carboxylic acids is 1. The maximum atomic E-state index is 12.9. The predicted molar refractivity (Wildman–Crippen MR) is 135 cm³/mol. The van der Waals surface area contributed by atoms with E-state index in [1.807, 2.05) is 63.2 Å². The first kappa shape index (κ1) is 29.0. The molecule has 2 aromatic carbocycles. The summed E-state index contributed by atoms with van der Waals surface area (Å²) in [4.78, 5) is 25.7.